The fraction of sp³-hybridized carbons (Fsp3) is 0.150. The zero-order valence-corrected chi connectivity index (χ0v) is 15.9. The van der Waals surface area contributed by atoms with Gasteiger partial charge in [0.1, 0.15) is 24.6 Å². The van der Waals surface area contributed by atoms with Crippen LogP contribution in [-0.4, -0.2) is 41.4 Å². The van der Waals surface area contributed by atoms with Gasteiger partial charge in [0.25, 0.3) is 11.6 Å². The number of carbonyl (C=O) groups is 3. The smallest absolute Gasteiger partial charge is 0.329 e. The molecule has 0 aromatic heterocycles. The molecule has 0 saturated carbocycles. The van der Waals surface area contributed by atoms with E-state index in [2.05, 4.69) is 10.1 Å². The molecule has 1 N–H and O–H groups in total. The first-order valence-electron chi connectivity index (χ1n) is 8.75. The molecule has 0 aliphatic carbocycles. The van der Waals surface area contributed by atoms with Crippen molar-refractivity contribution >= 4 is 29.7 Å². The number of non-ortho nitro benzene ring substituents is 1. The summed E-state index contributed by atoms with van der Waals surface area (Å²) in [7, 11) is 1.16. The van der Waals surface area contributed by atoms with Gasteiger partial charge in [-0.15, -0.1) is 0 Å². The van der Waals surface area contributed by atoms with Crippen LogP contribution in [0.1, 0.15) is 11.1 Å². The SMILES string of the molecule is COC(=O)CN1C(=O)NC(=Cc2ccccc2OCc2cccc([N+](=O)[O-])c2)C1=O. The molecule has 2 aromatic carbocycles. The van der Waals surface area contributed by atoms with Crippen LogP contribution >= 0.6 is 0 Å². The van der Waals surface area contributed by atoms with Crippen molar-refractivity contribution in [3.05, 3.63) is 75.5 Å². The molecule has 1 fully saturated rings. The van der Waals surface area contributed by atoms with Gasteiger partial charge in [-0.3, -0.25) is 19.7 Å². The Bertz CT molecular complexity index is 1050. The Balaban J connectivity index is 1.78. The second-order valence-corrected chi connectivity index (χ2v) is 6.21. The third-order valence-electron chi connectivity index (χ3n) is 4.21. The number of nitrogens with zero attached hydrogens (tertiary/aromatic N) is 2. The molecule has 0 bridgehead atoms. The van der Waals surface area contributed by atoms with Crippen molar-refractivity contribution < 1.29 is 28.8 Å². The highest BCUT2D eigenvalue weighted by molar-refractivity contribution is 6.15. The predicted octanol–water partition coefficient (Wildman–Crippen LogP) is 2.24. The van der Waals surface area contributed by atoms with E-state index in [9.17, 15) is 24.5 Å². The van der Waals surface area contributed by atoms with Gasteiger partial charge < -0.3 is 14.8 Å². The largest absolute Gasteiger partial charge is 0.488 e. The summed E-state index contributed by atoms with van der Waals surface area (Å²) >= 11 is 0. The maximum absolute atomic E-state index is 12.4. The number of carbonyl (C=O) groups excluding carboxylic acids is 3. The standard InChI is InChI=1S/C20H17N3O7/c1-29-18(24)11-22-19(25)16(21-20(22)26)10-14-6-2-3-8-17(14)30-12-13-5-4-7-15(9-13)23(27)28/h2-10H,11-12H2,1H3,(H,21,26). The van der Waals surface area contributed by atoms with Gasteiger partial charge in [0.2, 0.25) is 0 Å². The van der Waals surface area contributed by atoms with E-state index in [0.29, 0.717) is 16.9 Å². The maximum atomic E-state index is 12.4. The molecule has 10 nitrogen and oxygen atoms in total. The Morgan fingerprint density at radius 2 is 1.97 bits per heavy atom. The zero-order valence-electron chi connectivity index (χ0n) is 15.9. The molecule has 1 saturated heterocycles. The number of imide groups is 1. The summed E-state index contributed by atoms with van der Waals surface area (Å²) in [5.41, 5.74) is 1.04. The lowest BCUT2D eigenvalue weighted by Crippen LogP contribution is -2.36. The van der Waals surface area contributed by atoms with Crippen LogP contribution < -0.4 is 10.1 Å². The van der Waals surface area contributed by atoms with E-state index in [1.165, 1.54) is 18.2 Å². The molecule has 1 aliphatic heterocycles. The molecule has 3 rings (SSSR count). The highest BCUT2D eigenvalue weighted by Crippen LogP contribution is 2.24. The minimum absolute atomic E-state index is 0.0182. The Hall–Kier alpha value is -4.21. The van der Waals surface area contributed by atoms with Gasteiger partial charge in [-0.2, -0.15) is 0 Å². The fourth-order valence-corrected chi connectivity index (χ4v) is 2.72. The van der Waals surface area contributed by atoms with E-state index in [1.54, 1.807) is 36.4 Å². The second-order valence-electron chi connectivity index (χ2n) is 6.21. The van der Waals surface area contributed by atoms with E-state index >= 15 is 0 Å². The number of methoxy groups -OCH3 is 1. The third-order valence-corrected chi connectivity index (χ3v) is 4.21. The maximum Gasteiger partial charge on any atom is 0.329 e. The second kappa shape index (κ2) is 8.86. The number of rotatable bonds is 7. The number of benzene rings is 2. The van der Waals surface area contributed by atoms with E-state index in [1.807, 2.05) is 0 Å². The Morgan fingerprint density at radius 1 is 1.20 bits per heavy atom. The van der Waals surface area contributed by atoms with Crippen LogP contribution in [0.3, 0.4) is 0 Å². The van der Waals surface area contributed by atoms with Crippen LogP contribution in [0.25, 0.3) is 6.08 Å². The van der Waals surface area contributed by atoms with Crippen LogP contribution in [0.5, 0.6) is 5.75 Å². The number of nitro benzene ring substituents is 1. The van der Waals surface area contributed by atoms with Gasteiger partial charge >= 0.3 is 12.0 Å². The average Bonchev–Trinajstić information content (AvgIpc) is 3.00. The zero-order chi connectivity index (χ0) is 21.7. The first-order chi connectivity index (χ1) is 14.4. The molecule has 2 aromatic rings. The normalized spacial score (nSPS) is 14.6. The molecule has 10 heteroatoms. The number of amides is 3. The molecular weight excluding hydrogens is 394 g/mol. The van der Waals surface area contributed by atoms with Gasteiger partial charge in [-0.05, 0) is 17.7 Å². The van der Waals surface area contributed by atoms with Crippen LogP contribution in [0.2, 0.25) is 0 Å². The fourth-order valence-electron chi connectivity index (χ4n) is 2.72. The van der Waals surface area contributed by atoms with E-state index in [-0.39, 0.29) is 18.0 Å². The highest BCUT2D eigenvalue weighted by Gasteiger charge is 2.35. The number of para-hydroxylation sites is 1. The average molecular weight is 411 g/mol. The topological polar surface area (TPSA) is 128 Å². The summed E-state index contributed by atoms with van der Waals surface area (Å²) in [6, 6.07) is 12.1. The highest BCUT2D eigenvalue weighted by atomic mass is 16.6. The minimum atomic E-state index is -0.730. The van der Waals surface area contributed by atoms with Crippen molar-refractivity contribution in [1.82, 2.24) is 10.2 Å². The molecule has 1 heterocycles. The first-order valence-corrected chi connectivity index (χ1v) is 8.75. The lowest BCUT2D eigenvalue weighted by atomic mass is 10.1. The number of urea groups is 1. The van der Waals surface area contributed by atoms with Crippen LogP contribution in [0, 0.1) is 10.1 Å². The van der Waals surface area contributed by atoms with Crippen molar-refractivity contribution in [1.29, 1.82) is 0 Å². The summed E-state index contributed by atoms with van der Waals surface area (Å²) in [5.74, 6) is -0.982. The first kappa shape index (κ1) is 20.5. The number of nitro groups is 1. The third kappa shape index (κ3) is 4.61. The van der Waals surface area contributed by atoms with Gasteiger partial charge in [-0.25, -0.2) is 9.69 Å². The van der Waals surface area contributed by atoms with Gasteiger partial charge in [-0.1, -0.05) is 30.3 Å². The Morgan fingerprint density at radius 3 is 2.70 bits per heavy atom. The van der Waals surface area contributed by atoms with Crippen molar-refractivity contribution in [2.45, 2.75) is 6.61 Å². The quantitative estimate of drug-likeness (QED) is 0.243. The molecule has 154 valence electrons. The van der Waals surface area contributed by atoms with Crippen LogP contribution in [0.4, 0.5) is 10.5 Å². The van der Waals surface area contributed by atoms with E-state index in [0.717, 1.165) is 12.0 Å². The summed E-state index contributed by atoms with van der Waals surface area (Å²) in [6.45, 7) is -0.430. The summed E-state index contributed by atoms with van der Waals surface area (Å²) in [5, 5.41) is 13.3. The number of nitrogens with one attached hydrogen (secondary N) is 1. The number of ether oxygens (including phenoxy) is 2. The molecule has 1 aliphatic rings. The van der Waals surface area contributed by atoms with Crippen LogP contribution in [0.15, 0.2) is 54.2 Å². The van der Waals surface area contributed by atoms with E-state index < -0.39 is 29.4 Å². The summed E-state index contributed by atoms with van der Waals surface area (Å²) in [6.07, 6.45) is 1.43. The van der Waals surface area contributed by atoms with Crippen LogP contribution in [-0.2, 0) is 20.9 Å². The number of hydrogen-bond acceptors (Lipinski definition) is 7. The van der Waals surface area contributed by atoms with Crippen molar-refractivity contribution in [2.75, 3.05) is 13.7 Å². The lowest BCUT2D eigenvalue weighted by molar-refractivity contribution is -0.384. The van der Waals surface area contributed by atoms with Gasteiger partial charge in [0, 0.05) is 17.7 Å². The number of hydrogen-bond donors (Lipinski definition) is 1. The predicted molar refractivity (Wildman–Crippen MR) is 104 cm³/mol. The molecule has 0 radical (unpaired) electrons. The molecule has 0 spiro atoms. The Labute approximate surface area is 170 Å². The summed E-state index contributed by atoms with van der Waals surface area (Å²) < 4.78 is 10.2. The van der Waals surface area contributed by atoms with Crippen molar-refractivity contribution in [3.63, 3.8) is 0 Å². The lowest BCUT2D eigenvalue weighted by Gasteiger charge is -2.10. The Kier molecular flexibility index (Phi) is 6.06. The number of esters is 1. The van der Waals surface area contributed by atoms with E-state index in [4.69, 9.17) is 4.74 Å². The molecular formula is C20H17N3O7. The summed E-state index contributed by atoms with van der Waals surface area (Å²) in [4.78, 5) is 46.9. The molecule has 3 amide bonds. The minimum Gasteiger partial charge on any atom is -0.488 e. The molecule has 0 atom stereocenters. The van der Waals surface area contributed by atoms with Gasteiger partial charge in [0.05, 0.1) is 12.0 Å². The molecule has 0 unspecified atom stereocenters. The van der Waals surface area contributed by atoms with Gasteiger partial charge in [0.15, 0.2) is 0 Å². The molecule has 30 heavy (non-hydrogen) atoms. The van der Waals surface area contributed by atoms with Crippen molar-refractivity contribution in [2.24, 2.45) is 0 Å². The monoisotopic (exact) mass is 411 g/mol. The van der Waals surface area contributed by atoms with Crippen molar-refractivity contribution in [3.8, 4) is 5.75 Å².